The van der Waals surface area contributed by atoms with Gasteiger partial charge < -0.3 is 14.7 Å². The first-order valence-corrected chi connectivity index (χ1v) is 9.45. The second-order valence-electron chi connectivity index (χ2n) is 7.30. The highest BCUT2D eigenvalue weighted by Gasteiger charge is 2.40. The average molecular weight is 381 g/mol. The molecule has 1 aromatic carbocycles. The molecule has 146 valence electrons. The number of carboxylic acid groups (broad SMARTS) is 1. The molecule has 0 unspecified atom stereocenters. The first-order chi connectivity index (χ1) is 13.6. The number of aliphatic carboxylic acids is 1. The normalized spacial score (nSPS) is 22.2. The molecule has 2 atom stereocenters. The lowest BCUT2D eigenvalue weighted by atomic mass is 9.90. The summed E-state index contributed by atoms with van der Waals surface area (Å²) in [5.74, 6) is -0.851. The molecule has 1 N–H and O–H groups in total. The van der Waals surface area contributed by atoms with Crippen molar-refractivity contribution in [2.75, 3.05) is 32.8 Å². The smallest absolute Gasteiger partial charge is 0.308 e. The number of hydrogen-bond acceptors (Lipinski definition) is 5. The van der Waals surface area contributed by atoms with Crippen LogP contribution in [0.1, 0.15) is 17.0 Å². The first kappa shape index (κ1) is 18.4. The molecule has 0 radical (unpaired) electrons. The third-order valence-electron chi connectivity index (χ3n) is 5.51. The minimum atomic E-state index is -0.866. The monoisotopic (exact) mass is 381 g/mol. The van der Waals surface area contributed by atoms with Crippen molar-refractivity contribution < 1.29 is 19.4 Å². The van der Waals surface area contributed by atoms with E-state index in [4.69, 9.17) is 4.74 Å². The van der Waals surface area contributed by atoms with Crippen molar-refractivity contribution in [3.8, 4) is 5.75 Å². The molecule has 1 saturated heterocycles. The molecule has 1 fully saturated rings. The van der Waals surface area contributed by atoms with Crippen LogP contribution in [-0.2, 0) is 16.1 Å². The number of pyridine rings is 1. The molecule has 7 nitrogen and oxygen atoms in total. The van der Waals surface area contributed by atoms with Gasteiger partial charge >= 0.3 is 5.97 Å². The van der Waals surface area contributed by atoms with Gasteiger partial charge in [-0.25, -0.2) is 0 Å². The lowest BCUT2D eigenvalue weighted by molar-refractivity contribution is -0.141. The van der Waals surface area contributed by atoms with Crippen molar-refractivity contribution in [2.45, 2.75) is 12.5 Å². The summed E-state index contributed by atoms with van der Waals surface area (Å²) in [4.78, 5) is 32.4. The summed E-state index contributed by atoms with van der Waals surface area (Å²) in [7, 11) is 0. The van der Waals surface area contributed by atoms with Gasteiger partial charge in [0.2, 0.25) is 5.91 Å². The van der Waals surface area contributed by atoms with Crippen LogP contribution in [0.2, 0.25) is 0 Å². The molecule has 0 aliphatic carbocycles. The number of nitrogens with zero attached hydrogens (tertiary/aromatic N) is 3. The van der Waals surface area contributed by atoms with Crippen LogP contribution in [0.5, 0.6) is 5.75 Å². The van der Waals surface area contributed by atoms with E-state index in [1.165, 1.54) is 0 Å². The number of carbonyl (C=O) groups is 2. The Hall–Kier alpha value is -2.93. The predicted octanol–water partition coefficient (Wildman–Crippen LogP) is 1.60. The van der Waals surface area contributed by atoms with E-state index in [0.29, 0.717) is 26.2 Å². The van der Waals surface area contributed by atoms with E-state index < -0.39 is 11.9 Å². The second kappa shape index (κ2) is 7.98. The Balaban J connectivity index is 1.44. The number of hydrogen-bond donors (Lipinski definition) is 1. The molecule has 28 heavy (non-hydrogen) atoms. The van der Waals surface area contributed by atoms with Gasteiger partial charge in [0.15, 0.2) is 0 Å². The molecule has 0 spiro atoms. The molecule has 1 aromatic heterocycles. The summed E-state index contributed by atoms with van der Waals surface area (Å²) in [6, 6.07) is 11.5. The lowest BCUT2D eigenvalue weighted by Gasteiger charge is -2.23. The van der Waals surface area contributed by atoms with E-state index in [-0.39, 0.29) is 24.9 Å². The molecule has 2 aliphatic rings. The highest BCUT2D eigenvalue weighted by atomic mass is 16.5. The van der Waals surface area contributed by atoms with Crippen molar-refractivity contribution in [2.24, 2.45) is 5.92 Å². The summed E-state index contributed by atoms with van der Waals surface area (Å²) < 4.78 is 5.76. The lowest BCUT2D eigenvalue weighted by Crippen LogP contribution is -2.40. The topological polar surface area (TPSA) is 83.0 Å². The molecule has 2 aromatic rings. The summed E-state index contributed by atoms with van der Waals surface area (Å²) in [6.07, 6.45) is 3.32. The number of carboxylic acids is 1. The highest BCUT2D eigenvalue weighted by Crippen LogP contribution is 2.33. The summed E-state index contributed by atoms with van der Waals surface area (Å²) in [5, 5.41) is 9.63. The van der Waals surface area contributed by atoms with E-state index in [9.17, 15) is 14.7 Å². The zero-order valence-electron chi connectivity index (χ0n) is 15.5. The van der Waals surface area contributed by atoms with Crippen molar-refractivity contribution in [3.05, 3.63) is 59.9 Å². The van der Waals surface area contributed by atoms with Gasteiger partial charge in [0.05, 0.1) is 12.5 Å². The van der Waals surface area contributed by atoms with Crippen LogP contribution in [0.15, 0.2) is 48.8 Å². The van der Waals surface area contributed by atoms with Crippen molar-refractivity contribution >= 4 is 11.9 Å². The molecule has 0 saturated carbocycles. The first-order valence-electron chi connectivity index (χ1n) is 9.45. The molecule has 4 rings (SSSR count). The van der Waals surface area contributed by atoms with E-state index >= 15 is 0 Å². The summed E-state index contributed by atoms with van der Waals surface area (Å²) in [6.45, 7) is 2.74. The van der Waals surface area contributed by atoms with Gasteiger partial charge in [0.1, 0.15) is 12.4 Å². The quantitative estimate of drug-likeness (QED) is 0.866. The number of benzene rings is 1. The molecule has 2 aliphatic heterocycles. The fourth-order valence-electron chi connectivity index (χ4n) is 4.01. The Morgan fingerprint density at radius 1 is 1.14 bits per heavy atom. The standard InChI is InChI=1S/C21H23N3O4/c25-20(14-23-9-10-28-19-4-2-1-3-16(19)11-23)24-12-17(18(13-24)21(26)27)15-5-7-22-8-6-15/h1-8,17-18H,9-14H2,(H,26,27)/t17-,18+/m0/s1. The van der Waals surface area contributed by atoms with Crippen LogP contribution in [0.25, 0.3) is 0 Å². The summed E-state index contributed by atoms with van der Waals surface area (Å²) in [5.41, 5.74) is 1.97. The van der Waals surface area contributed by atoms with Gasteiger partial charge in [0.25, 0.3) is 0 Å². The Morgan fingerprint density at radius 3 is 2.71 bits per heavy atom. The van der Waals surface area contributed by atoms with E-state index in [0.717, 1.165) is 16.9 Å². The number of rotatable bonds is 4. The minimum absolute atomic E-state index is 0.0396. The van der Waals surface area contributed by atoms with Crippen LogP contribution in [-0.4, -0.2) is 64.6 Å². The minimum Gasteiger partial charge on any atom is -0.492 e. The fraction of sp³-hybridized carbons (Fsp3) is 0.381. The number of para-hydroxylation sites is 1. The van der Waals surface area contributed by atoms with Gasteiger partial charge in [-0.2, -0.15) is 0 Å². The molecule has 1 amide bonds. The number of aromatic nitrogens is 1. The number of ether oxygens (including phenoxy) is 1. The zero-order valence-corrected chi connectivity index (χ0v) is 15.5. The second-order valence-corrected chi connectivity index (χ2v) is 7.30. The Morgan fingerprint density at radius 2 is 1.93 bits per heavy atom. The number of carbonyl (C=O) groups excluding carboxylic acids is 1. The van der Waals surface area contributed by atoms with E-state index in [1.807, 2.05) is 36.4 Å². The predicted molar refractivity (Wildman–Crippen MR) is 102 cm³/mol. The van der Waals surface area contributed by atoms with Gasteiger partial charge in [0, 0.05) is 50.1 Å². The van der Waals surface area contributed by atoms with Crippen LogP contribution >= 0.6 is 0 Å². The fourth-order valence-corrected chi connectivity index (χ4v) is 4.01. The maximum Gasteiger partial charge on any atom is 0.308 e. The van der Waals surface area contributed by atoms with Crippen LogP contribution in [0, 0.1) is 5.92 Å². The molecular formula is C21H23N3O4. The van der Waals surface area contributed by atoms with Gasteiger partial charge in [-0.05, 0) is 23.8 Å². The van der Waals surface area contributed by atoms with Gasteiger partial charge in [-0.15, -0.1) is 0 Å². The van der Waals surface area contributed by atoms with Crippen molar-refractivity contribution in [1.29, 1.82) is 0 Å². The van der Waals surface area contributed by atoms with Gasteiger partial charge in [-0.1, -0.05) is 18.2 Å². The van der Waals surface area contributed by atoms with Gasteiger partial charge in [-0.3, -0.25) is 19.5 Å². The number of fused-ring (bicyclic) bond motifs is 1. The number of likely N-dealkylation sites (tertiary alicyclic amines) is 1. The highest BCUT2D eigenvalue weighted by molar-refractivity contribution is 5.81. The molecular weight excluding hydrogens is 358 g/mol. The Kier molecular flexibility index (Phi) is 5.25. The van der Waals surface area contributed by atoms with Crippen molar-refractivity contribution in [1.82, 2.24) is 14.8 Å². The molecule has 0 bridgehead atoms. The van der Waals surface area contributed by atoms with E-state index in [1.54, 1.807) is 17.3 Å². The Labute approximate surface area is 163 Å². The largest absolute Gasteiger partial charge is 0.492 e. The maximum absolute atomic E-state index is 12.9. The van der Waals surface area contributed by atoms with E-state index in [2.05, 4.69) is 9.88 Å². The zero-order chi connectivity index (χ0) is 19.5. The molecule has 7 heteroatoms. The molecule has 3 heterocycles. The average Bonchev–Trinajstić information content (AvgIpc) is 3.06. The SMILES string of the molecule is O=C(O)[C@@H]1CN(C(=O)CN2CCOc3ccccc3C2)C[C@H]1c1ccncc1. The van der Waals surface area contributed by atoms with Crippen LogP contribution in [0.4, 0.5) is 0 Å². The number of amides is 1. The summed E-state index contributed by atoms with van der Waals surface area (Å²) >= 11 is 0. The van der Waals surface area contributed by atoms with Crippen LogP contribution in [0.3, 0.4) is 0 Å². The third-order valence-corrected chi connectivity index (χ3v) is 5.51. The van der Waals surface area contributed by atoms with Crippen LogP contribution < -0.4 is 4.74 Å². The third kappa shape index (κ3) is 3.84. The Bertz CT molecular complexity index is 858. The maximum atomic E-state index is 12.9. The van der Waals surface area contributed by atoms with Crippen molar-refractivity contribution in [3.63, 3.8) is 0 Å².